The van der Waals surface area contributed by atoms with Gasteiger partial charge in [-0.15, -0.1) is 0 Å². The fourth-order valence-corrected chi connectivity index (χ4v) is 3.02. The Labute approximate surface area is 157 Å². The summed E-state index contributed by atoms with van der Waals surface area (Å²) in [6.07, 6.45) is 3.35. The standard InChI is InChI=1S/C20H13N5O3/c26-20(27)17-8-11-1-2-12(9-16(11)23-17)19-21-6-5-18(24-19)28-14-3-4-15-13(7-14)10-22-25-15/h1-10,23H,(H,22,25)(H,26,27). The highest BCUT2D eigenvalue weighted by molar-refractivity contribution is 5.94. The number of carboxylic acid groups (broad SMARTS) is 1. The lowest BCUT2D eigenvalue weighted by molar-refractivity contribution is 0.0691. The molecule has 0 bridgehead atoms. The van der Waals surface area contributed by atoms with Crippen molar-refractivity contribution in [3.8, 4) is 23.0 Å². The third kappa shape index (κ3) is 2.82. The Bertz CT molecular complexity index is 1340. The summed E-state index contributed by atoms with van der Waals surface area (Å²) in [5, 5.41) is 17.8. The van der Waals surface area contributed by atoms with E-state index >= 15 is 0 Å². The second-order valence-electron chi connectivity index (χ2n) is 6.23. The fourth-order valence-electron chi connectivity index (χ4n) is 3.02. The minimum absolute atomic E-state index is 0.139. The van der Waals surface area contributed by atoms with Crippen LogP contribution in [0.15, 0.2) is 60.9 Å². The molecule has 0 saturated carbocycles. The molecule has 0 spiro atoms. The Morgan fingerprint density at radius 1 is 1.00 bits per heavy atom. The molecule has 3 aromatic heterocycles. The number of H-pyrrole nitrogens is 2. The van der Waals surface area contributed by atoms with Crippen LogP contribution in [0.3, 0.4) is 0 Å². The quantitative estimate of drug-likeness (QED) is 0.440. The smallest absolute Gasteiger partial charge is 0.352 e. The number of benzene rings is 2. The molecule has 0 amide bonds. The lowest BCUT2D eigenvalue weighted by Gasteiger charge is -2.06. The number of fused-ring (bicyclic) bond motifs is 2. The molecule has 0 aliphatic heterocycles. The highest BCUT2D eigenvalue weighted by Gasteiger charge is 2.10. The van der Waals surface area contributed by atoms with Crippen molar-refractivity contribution < 1.29 is 14.6 Å². The van der Waals surface area contributed by atoms with Crippen LogP contribution >= 0.6 is 0 Å². The second kappa shape index (κ2) is 6.20. The first kappa shape index (κ1) is 16.0. The Balaban J connectivity index is 1.47. The molecule has 8 heteroatoms. The molecule has 3 N–H and O–H groups in total. The van der Waals surface area contributed by atoms with Gasteiger partial charge >= 0.3 is 5.97 Å². The van der Waals surface area contributed by atoms with E-state index in [4.69, 9.17) is 9.84 Å². The number of carbonyl (C=O) groups is 1. The zero-order chi connectivity index (χ0) is 19.1. The van der Waals surface area contributed by atoms with E-state index in [1.807, 2.05) is 36.4 Å². The number of ether oxygens (including phenoxy) is 1. The molecule has 0 aliphatic rings. The van der Waals surface area contributed by atoms with Crippen LogP contribution in [-0.2, 0) is 0 Å². The summed E-state index contributed by atoms with van der Waals surface area (Å²) in [5.41, 5.74) is 2.52. The normalized spacial score (nSPS) is 11.1. The number of rotatable bonds is 4. The molecule has 8 nitrogen and oxygen atoms in total. The van der Waals surface area contributed by atoms with Gasteiger partial charge in [-0.25, -0.2) is 9.78 Å². The van der Waals surface area contributed by atoms with E-state index in [1.165, 1.54) is 0 Å². The van der Waals surface area contributed by atoms with Gasteiger partial charge in [0.05, 0.1) is 11.7 Å². The van der Waals surface area contributed by atoms with Gasteiger partial charge in [0.1, 0.15) is 11.4 Å². The van der Waals surface area contributed by atoms with E-state index in [2.05, 4.69) is 25.1 Å². The summed E-state index contributed by atoms with van der Waals surface area (Å²) >= 11 is 0. The van der Waals surface area contributed by atoms with Crippen molar-refractivity contribution in [3.63, 3.8) is 0 Å². The van der Waals surface area contributed by atoms with E-state index in [0.29, 0.717) is 23.0 Å². The second-order valence-corrected chi connectivity index (χ2v) is 6.23. The first-order valence-electron chi connectivity index (χ1n) is 8.46. The number of hydrogen-bond acceptors (Lipinski definition) is 5. The Morgan fingerprint density at radius 3 is 2.82 bits per heavy atom. The van der Waals surface area contributed by atoms with Crippen LogP contribution < -0.4 is 4.74 Å². The van der Waals surface area contributed by atoms with Crippen LogP contribution in [0.4, 0.5) is 0 Å². The van der Waals surface area contributed by atoms with Crippen molar-refractivity contribution in [1.82, 2.24) is 25.1 Å². The van der Waals surface area contributed by atoms with Gasteiger partial charge in [-0.3, -0.25) is 5.10 Å². The zero-order valence-corrected chi connectivity index (χ0v) is 14.4. The molecule has 0 unspecified atom stereocenters. The maximum atomic E-state index is 11.1. The van der Waals surface area contributed by atoms with E-state index in [1.54, 1.807) is 24.5 Å². The van der Waals surface area contributed by atoms with E-state index < -0.39 is 5.97 Å². The first-order valence-corrected chi connectivity index (χ1v) is 8.46. The molecule has 0 saturated heterocycles. The van der Waals surface area contributed by atoms with Gasteiger partial charge in [-0.05, 0) is 30.3 Å². The monoisotopic (exact) mass is 371 g/mol. The van der Waals surface area contributed by atoms with Crippen LogP contribution in [-0.4, -0.2) is 36.2 Å². The summed E-state index contributed by atoms with van der Waals surface area (Å²) < 4.78 is 5.86. The number of aromatic amines is 2. The van der Waals surface area contributed by atoms with Crippen LogP contribution in [0, 0.1) is 0 Å². The minimum Gasteiger partial charge on any atom is -0.477 e. The third-order valence-corrected chi connectivity index (χ3v) is 4.38. The molecule has 5 rings (SSSR count). The van der Waals surface area contributed by atoms with E-state index in [-0.39, 0.29) is 5.69 Å². The third-order valence-electron chi connectivity index (χ3n) is 4.38. The minimum atomic E-state index is -1.00. The molecule has 0 atom stereocenters. The average Bonchev–Trinajstić information content (AvgIpc) is 3.34. The largest absolute Gasteiger partial charge is 0.477 e. The van der Waals surface area contributed by atoms with Gasteiger partial charge in [0.25, 0.3) is 0 Å². The summed E-state index contributed by atoms with van der Waals surface area (Å²) in [4.78, 5) is 22.8. The Hall–Kier alpha value is -4.20. The van der Waals surface area contributed by atoms with E-state index in [0.717, 1.165) is 21.9 Å². The molecule has 0 aliphatic carbocycles. The van der Waals surface area contributed by atoms with Crippen molar-refractivity contribution >= 4 is 27.8 Å². The highest BCUT2D eigenvalue weighted by Crippen LogP contribution is 2.26. The topological polar surface area (TPSA) is 117 Å². The molecule has 0 radical (unpaired) electrons. The van der Waals surface area contributed by atoms with Crippen molar-refractivity contribution in [2.24, 2.45) is 0 Å². The number of aromatic carboxylic acids is 1. The van der Waals surface area contributed by atoms with Gasteiger partial charge < -0.3 is 14.8 Å². The molecular formula is C20H13N5O3. The number of carboxylic acids is 1. The van der Waals surface area contributed by atoms with Crippen LogP contribution in [0.2, 0.25) is 0 Å². The lowest BCUT2D eigenvalue weighted by Crippen LogP contribution is -1.95. The lowest BCUT2D eigenvalue weighted by atomic mass is 10.1. The molecule has 136 valence electrons. The summed E-state index contributed by atoms with van der Waals surface area (Å²) in [7, 11) is 0. The number of aromatic nitrogens is 5. The SMILES string of the molecule is O=C(O)c1cc2ccc(-c3nccc(Oc4ccc5[nH]ncc5c4)n3)cc2[nH]1. The average molecular weight is 371 g/mol. The molecular weight excluding hydrogens is 358 g/mol. The molecule has 28 heavy (non-hydrogen) atoms. The van der Waals surface area contributed by atoms with Gasteiger partial charge in [-0.2, -0.15) is 10.1 Å². The maximum absolute atomic E-state index is 11.1. The predicted octanol–water partition coefficient (Wildman–Crippen LogP) is 3.99. The number of nitrogens with one attached hydrogen (secondary N) is 2. The summed E-state index contributed by atoms with van der Waals surface area (Å²) in [6.45, 7) is 0. The summed E-state index contributed by atoms with van der Waals surface area (Å²) in [5.74, 6) is 0.532. The first-order chi connectivity index (χ1) is 13.7. The number of hydrogen-bond donors (Lipinski definition) is 3. The van der Waals surface area contributed by atoms with Crippen molar-refractivity contribution in [2.75, 3.05) is 0 Å². The molecule has 3 heterocycles. The molecule has 0 fully saturated rings. The van der Waals surface area contributed by atoms with E-state index in [9.17, 15) is 4.79 Å². The molecule has 5 aromatic rings. The Morgan fingerprint density at radius 2 is 1.93 bits per heavy atom. The van der Waals surface area contributed by atoms with Crippen LogP contribution in [0.5, 0.6) is 11.6 Å². The van der Waals surface area contributed by atoms with Gasteiger partial charge in [-0.1, -0.05) is 12.1 Å². The van der Waals surface area contributed by atoms with Crippen molar-refractivity contribution in [3.05, 3.63) is 66.6 Å². The summed E-state index contributed by atoms with van der Waals surface area (Å²) in [6, 6.07) is 14.4. The Kier molecular flexibility index (Phi) is 3.55. The van der Waals surface area contributed by atoms with Crippen molar-refractivity contribution in [1.29, 1.82) is 0 Å². The zero-order valence-electron chi connectivity index (χ0n) is 14.4. The molecule has 2 aromatic carbocycles. The van der Waals surface area contributed by atoms with Gasteiger partial charge in [0, 0.05) is 34.1 Å². The predicted molar refractivity (Wildman–Crippen MR) is 102 cm³/mol. The van der Waals surface area contributed by atoms with Crippen molar-refractivity contribution in [2.45, 2.75) is 0 Å². The van der Waals surface area contributed by atoms with Crippen LogP contribution in [0.25, 0.3) is 33.2 Å². The number of nitrogens with zero attached hydrogens (tertiary/aromatic N) is 3. The maximum Gasteiger partial charge on any atom is 0.352 e. The van der Waals surface area contributed by atoms with Gasteiger partial charge in [0.15, 0.2) is 5.82 Å². The fraction of sp³-hybridized carbons (Fsp3) is 0. The highest BCUT2D eigenvalue weighted by atomic mass is 16.5. The van der Waals surface area contributed by atoms with Gasteiger partial charge in [0.2, 0.25) is 5.88 Å². The van der Waals surface area contributed by atoms with Crippen LogP contribution in [0.1, 0.15) is 10.5 Å².